The number of piperazine rings is 1. The van der Waals surface area contributed by atoms with Crippen LogP contribution >= 0.6 is 11.3 Å². The van der Waals surface area contributed by atoms with Crippen LogP contribution in [0.5, 0.6) is 5.88 Å². The van der Waals surface area contributed by atoms with Crippen molar-refractivity contribution in [1.82, 2.24) is 14.6 Å². The summed E-state index contributed by atoms with van der Waals surface area (Å²) >= 11 is 1.39. The number of aliphatic hydroxyl groups excluding tert-OH is 1. The molecule has 0 amide bonds. The molecule has 0 aliphatic carbocycles. The minimum Gasteiger partial charge on any atom is -0.492 e. The molecule has 0 radical (unpaired) electrons. The molecule has 0 unspecified atom stereocenters. The second-order valence-corrected chi connectivity index (χ2v) is 7.62. The average Bonchev–Trinajstić information content (AvgIpc) is 3.21. The molecule has 3 heterocycles. The zero-order valence-electron chi connectivity index (χ0n) is 14.2. The number of halogens is 1. The van der Waals surface area contributed by atoms with Gasteiger partial charge >= 0.3 is 0 Å². The molecule has 0 bridgehead atoms. The third-order valence-corrected chi connectivity index (χ3v) is 6.15. The first-order valence-corrected chi connectivity index (χ1v) is 9.55. The van der Waals surface area contributed by atoms with E-state index in [-0.39, 0.29) is 24.3 Å². The topological polar surface area (TPSA) is 79.5 Å². The summed E-state index contributed by atoms with van der Waals surface area (Å²) in [5.74, 6) is -0.204. The Morgan fingerprint density at radius 3 is 2.77 bits per heavy atom. The Kier molecular flexibility index (Phi) is 4.86. The number of nitrogens with zero attached hydrogens (tertiary/aromatic N) is 3. The second-order valence-electron chi connectivity index (χ2n) is 6.61. The summed E-state index contributed by atoms with van der Waals surface area (Å²) in [5.41, 5.74) is 0.838. The van der Waals surface area contributed by atoms with Crippen LogP contribution in [0.3, 0.4) is 0 Å². The second kappa shape index (κ2) is 7.28. The van der Waals surface area contributed by atoms with Crippen LogP contribution in [0.15, 0.2) is 30.6 Å². The first-order valence-electron chi connectivity index (χ1n) is 8.73. The van der Waals surface area contributed by atoms with E-state index in [9.17, 15) is 9.50 Å². The molecule has 1 atom stereocenters. The van der Waals surface area contributed by atoms with E-state index >= 15 is 0 Å². The van der Waals surface area contributed by atoms with Crippen LogP contribution in [0.4, 0.5) is 4.39 Å². The van der Waals surface area contributed by atoms with Gasteiger partial charge in [-0.25, -0.2) is 9.37 Å². The van der Waals surface area contributed by atoms with Gasteiger partial charge in [0.25, 0.3) is 0 Å². The zero-order valence-corrected chi connectivity index (χ0v) is 15.0. The van der Waals surface area contributed by atoms with Crippen molar-refractivity contribution < 1.29 is 24.4 Å². The number of thiazole rings is 1. The van der Waals surface area contributed by atoms with Crippen LogP contribution in [0, 0.1) is 5.82 Å². The molecule has 4 rings (SSSR count). The lowest BCUT2D eigenvalue weighted by Crippen LogP contribution is -3.28. The highest BCUT2D eigenvalue weighted by molar-refractivity contribution is 7.17. The number of aromatic nitrogens is 3. The highest BCUT2D eigenvalue weighted by Crippen LogP contribution is 2.34. The summed E-state index contributed by atoms with van der Waals surface area (Å²) in [7, 11) is 0. The minimum atomic E-state index is -0.282. The fraction of sp³-hybridized carbons (Fsp3) is 0.412. The molecular formula is C17H22FN5O2S+2. The van der Waals surface area contributed by atoms with Gasteiger partial charge in [-0.2, -0.15) is 9.61 Å². The van der Waals surface area contributed by atoms with Crippen molar-refractivity contribution >= 4 is 16.3 Å². The number of hydrogen-bond acceptors (Lipinski definition) is 5. The molecule has 7 nitrogen and oxygen atoms in total. The Labute approximate surface area is 153 Å². The van der Waals surface area contributed by atoms with Gasteiger partial charge < -0.3 is 20.0 Å². The van der Waals surface area contributed by atoms with Crippen molar-refractivity contribution in [2.75, 3.05) is 39.3 Å². The van der Waals surface area contributed by atoms with Crippen LogP contribution in [0.2, 0.25) is 0 Å². The summed E-state index contributed by atoms with van der Waals surface area (Å²) in [6.07, 6.45) is 1.41. The molecule has 9 heteroatoms. The predicted molar refractivity (Wildman–Crippen MR) is 94.1 cm³/mol. The SMILES string of the molecule is OCC[NH+]1CC[NH+]([C@@H](c2cccc(F)c2)c2sc3ncnn3c2O)CC1. The lowest BCUT2D eigenvalue weighted by atomic mass is 10.0. The zero-order chi connectivity index (χ0) is 18.1. The lowest BCUT2D eigenvalue weighted by Gasteiger charge is -2.34. The van der Waals surface area contributed by atoms with Crippen molar-refractivity contribution in [2.45, 2.75) is 6.04 Å². The number of hydrogen-bond donors (Lipinski definition) is 4. The molecule has 1 fully saturated rings. The van der Waals surface area contributed by atoms with Crippen molar-refractivity contribution in [2.24, 2.45) is 0 Å². The molecule has 1 aromatic carbocycles. The Hall–Kier alpha value is -2.07. The average molecular weight is 379 g/mol. The Morgan fingerprint density at radius 2 is 2.08 bits per heavy atom. The number of fused-ring (bicyclic) bond motifs is 1. The molecule has 4 N–H and O–H groups in total. The van der Waals surface area contributed by atoms with Gasteiger partial charge in [-0.1, -0.05) is 23.5 Å². The summed E-state index contributed by atoms with van der Waals surface area (Å²) in [4.78, 5) is 8.21. The third-order valence-electron chi connectivity index (χ3n) is 5.06. The van der Waals surface area contributed by atoms with E-state index in [1.807, 2.05) is 6.07 Å². The molecule has 1 aliphatic heterocycles. The highest BCUT2D eigenvalue weighted by Gasteiger charge is 2.36. The number of aromatic hydroxyl groups is 1. The molecular weight excluding hydrogens is 357 g/mol. The van der Waals surface area contributed by atoms with E-state index < -0.39 is 0 Å². The third kappa shape index (κ3) is 3.18. The molecule has 3 aromatic rings. The number of aliphatic hydroxyl groups is 1. The van der Waals surface area contributed by atoms with E-state index in [2.05, 4.69) is 10.1 Å². The smallest absolute Gasteiger partial charge is 0.235 e. The summed E-state index contributed by atoms with van der Waals surface area (Å²) in [6, 6.07) is 6.42. The van der Waals surface area contributed by atoms with Gasteiger partial charge in [-0.15, -0.1) is 0 Å². The highest BCUT2D eigenvalue weighted by atomic mass is 32.1. The van der Waals surface area contributed by atoms with Crippen molar-refractivity contribution in [3.8, 4) is 5.88 Å². The van der Waals surface area contributed by atoms with E-state index in [4.69, 9.17) is 5.11 Å². The lowest BCUT2D eigenvalue weighted by molar-refractivity contribution is -1.02. The molecule has 0 spiro atoms. The van der Waals surface area contributed by atoms with Gasteiger partial charge in [0.1, 0.15) is 49.7 Å². The van der Waals surface area contributed by atoms with Gasteiger partial charge in [0, 0.05) is 5.56 Å². The van der Waals surface area contributed by atoms with Crippen molar-refractivity contribution in [3.05, 3.63) is 46.9 Å². The van der Waals surface area contributed by atoms with Crippen LogP contribution in [0.25, 0.3) is 4.96 Å². The van der Waals surface area contributed by atoms with E-state index in [1.54, 1.807) is 12.1 Å². The van der Waals surface area contributed by atoms with Crippen LogP contribution < -0.4 is 9.80 Å². The first kappa shape index (κ1) is 17.3. The minimum absolute atomic E-state index is 0.0781. The monoisotopic (exact) mass is 379 g/mol. The summed E-state index contributed by atoms with van der Waals surface area (Å²) < 4.78 is 15.3. The van der Waals surface area contributed by atoms with Crippen LogP contribution in [-0.4, -0.2) is 64.1 Å². The quantitative estimate of drug-likeness (QED) is 0.435. The normalized spacial score (nSPS) is 21.9. The van der Waals surface area contributed by atoms with E-state index in [0.717, 1.165) is 43.2 Å². The van der Waals surface area contributed by atoms with Gasteiger partial charge in [-0.3, -0.25) is 0 Å². The van der Waals surface area contributed by atoms with Crippen LogP contribution in [-0.2, 0) is 0 Å². The number of nitrogens with one attached hydrogen (secondary N) is 2. The number of quaternary nitrogens is 2. The van der Waals surface area contributed by atoms with Crippen LogP contribution in [0.1, 0.15) is 16.5 Å². The van der Waals surface area contributed by atoms with E-state index in [1.165, 1.54) is 38.0 Å². The maximum absolute atomic E-state index is 13.9. The number of benzene rings is 1. The van der Waals surface area contributed by atoms with Gasteiger partial charge in [-0.05, 0) is 12.1 Å². The molecule has 26 heavy (non-hydrogen) atoms. The standard InChI is InChI=1S/C17H20FN5O2S/c18-13-3-1-2-12(10-13)14(22-6-4-21(5-7-22)8-9-24)15-16(25)23-17(26-15)19-11-20-23/h1-3,10-11,14,24-25H,4-9H2/p+2/t14-/m0/s1. The Morgan fingerprint density at radius 1 is 1.27 bits per heavy atom. The van der Waals surface area contributed by atoms with Crippen molar-refractivity contribution in [3.63, 3.8) is 0 Å². The van der Waals surface area contributed by atoms with Crippen molar-refractivity contribution in [1.29, 1.82) is 0 Å². The maximum Gasteiger partial charge on any atom is 0.235 e. The fourth-order valence-electron chi connectivity index (χ4n) is 3.76. The first-order chi connectivity index (χ1) is 12.7. The Bertz CT molecular complexity index is 890. The number of rotatable bonds is 5. The predicted octanol–water partition coefficient (Wildman–Crippen LogP) is -1.50. The van der Waals surface area contributed by atoms with Gasteiger partial charge in [0.2, 0.25) is 10.8 Å². The summed E-state index contributed by atoms with van der Waals surface area (Å²) in [6.45, 7) is 4.56. The van der Waals surface area contributed by atoms with Gasteiger partial charge in [0.15, 0.2) is 6.04 Å². The molecule has 1 saturated heterocycles. The molecule has 0 saturated carbocycles. The molecule has 2 aromatic heterocycles. The fourth-order valence-corrected chi connectivity index (χ4v) is 4.88. The summed E-state index contributed by atoms with van der Waals surface area (Å²) in [5, 5.41) is 23.9. The largest absolute Gasteiger partial charge is 0.492 e. The van der Waals surface area contributed by atoms with Gasteiger partial charge in [0.05, 0.1) is 6.61 Å². The van der Waals surface area contributed by atoms with E-state index in [0.29, 0.717) is 4.96 Å². The molecule has 1 aliphatic rings. The maximum atomic E-state index is 13.9. The Balaban J connectivity index is 1.71. The molecule has 138 valence electrons.